The molecule has 3 rings (SSSR count). The second-order valence-corrected chi connectivity index (χ2v) is 7.82. The largest absolute Gasteiger partial charge is 0.480 e. The number of ether oxygens (including phenoxy) is 3. The van der Waals surface area contributed by atoms with Crippen molar-refractivity contribution in [2.24, 2.45) is 0 Å². The van der Waals surface area contributed by atoms with Crippen LogP contribution in [0.5, 0.6) is 5.88 Å². The molecule has 178 valence electrons. The minimum Gasteiger partial charge on any atom is -0.480 e. The van der Waals surface area contributed by atoms with Gasteiger partial charge in [0.05, 0.1) is 18.9 Å². The Morgan fingerprint density at radius 2 is 1.66 bits per heavy atom. The molecule has 0 radical (unpaired) electrons. The van der Waals surface area contributed by atoms with Crippen molar-refractivity contribution in [3.05, 3.63) is 17.1 Å². The topological polar surface area (TPSA) is 128 Å². The van der Waals surface area contributed by atoms with E-state index in [2.05, 4.69) is 9.97 Å². The molecule has 0 atom stereocenters. The maximum Gasteiger partial charge on any atom is 0.451 e. The van der Waals surface area contributed by atoms with Crippen LogP contribution in [0.1, 0.15) is 63.0 Å². The van der Waals surface area contributed by atoms with E-state index in [4.69, 9.17) is 14.2 Å². The van der Waals surface area contributed by atoms with Gasteiger partial charge >= 0.3 is 18.1 Å². The summed E-state index contributed by atoms with van der Waals surface area (Å²) in [4.78, 5) is 30.9. The quantitative estimate of drug-likeness (QED) is 0.588. The van der Waals surface area contributed by atoms with Crippen LogP contribution in [-0.4, -0.2) is 57.2 Å². The second-order valence-electron chi connectivity index (χ2n) is 7.82. The van der Waals surface area contributed by atoms with E-state index in [9.17, 15) is 33.0 Å². The summed E-state index contributed by atoms with van der Waals surface area (Å²) in [6.07, 6.45) is -4.29. The Balaban J connectivity index is 2.05. The lowest BCUT2D eigenvalue weighted by atomic mass is 9.79. The van der Waals surface area contributed by atoms with Crippen LogP contribution in [0.4, 0.5) is 13.2 Å². The number of hydrogen-bond acceptors (Lipinski definition) is 7. The molecule has 1 aliphatic heterocycles. The zero-order chi connectivity index (χ0) is 23.7. The smallest absolute Gasteiger partial charge is 0.451 e. The Kier molecular flexibility index (Phi) is 6.66. The first-order chi connectivity index (χ1) is 15.0. The number of carbonyl (C=O) groups is 2. The molecule has 2 fully saturated rings. The second kappa shape index (κ2) is 8.81. The van der Waals surface area contributed by atoms with Gasteiger partial charge in [0.2, 0.25) is 17.1 Å². The van der Waals surface area contributed by atoms with Crippen molar-refractivity contribution in [2.75, 3.05) is 13.2 Å². The predicted molar refractivity (Wildman–Crippen MR) is 101 cm³/mol. The van der Waals surface area contributed by atoms with Gasteiger partial charge < -0.3 is 24.4 Å². The highest BCUT2D eigenvalue weighted by Crippen LogP contribution is 2.40. The highest BCUT2D eigenvalue weighted by molar-refractivity contribution is 6.04. The van der Waals surface area contributed by atoms with E-state index >= 15 is 0 Å². The normalized spacial score (nSPS) is 19.3. The highest BCUT2D eigenvalue weighted by atomic mass is 19.4. The van der Waals surface area contributed by atoms with Crippen molar-refractivity contribution in [1.29, 1.82) is 0 Å². The lowest BCUT2D eigenvalue weighted by Crippen LogP contribution is -2.45. The van der Waals surface area contributed by atoms with Gasteiger partial charge in [-0.15, -0.1) is 0 Å². The van der Waals surface area contributed by atoms with Crippen LogP contribution in [0.15, 0.2) is 0 Å². The molecule has 2 N–H and O–H groups in total. The maximum atomic E-state index is 13.5. The summed E-state index contributed by atoms with van der Waals surface area (Å²) in [5.74, 6) is -6.41. The van der Waals surface area contributed by atoms with Crippen molar-refractivity contribution in [3.8, 4) is 5.88 Å². The Hall–Kier alpha value is -2.47. The number of alkyl halides is 3. The molecular formula is C20H25F3N2O7. The summed E-state index contributed by atoms with van der Waals surface area (Å²) in [7, 11) is 0. The first-order valence-electron chi connectivity index (χ1n) is 10.4. The SMILES string of the molecule is CCc1c(OC2CCC3(CC2)OCCO3)nc(C(F)(F)F)nc1C(CC)(C(=O)O)C(=O)O. The molecule has 1 aliphatic carbocycles. The minimum absolute atomic E-state index is 0.0198. The molecular weight excluding hydrogens is 437 g/mol. The number of carboxylic acid groups (broad SMARTS) is 2. The lowest BCUT2D eigenvalue weighted by molar-refractivity contribution is -0.186. The van der Waals surface area contributed by atoms with Crippen LogP contribution >= 0.6 is 0 Å². The van der Waals surface area contributed by atoms with Crippen LogP contribution in [0, 0.1) is 0 Å². The van der Waals surface area contributed by atoms with E-state index in [0.29, 0.717) is 38.9 Å². The molecule has 0 unspecified atom stereocenters. The summed E-state index contributed by atoms with van der Waals surface area (Å²) >= 11 is 0. The molecule has 1 saturated carbocycles. The molecule has 12 heteroatoms. The van der Waals surface area contributed by atoms with Crippen molar-refractivity contribution in [2.45, 2.75) is 75.9 Å². The standard InChI is InChI=1S/C20H25F3N2O7/c1-3-12-13(19(4-2,16(26)27)17(28)29)24-15(20(21,22)23)25-14(12)32-11-5-7-18(8-6-11)30-9-10-31-18/h11H,3-10H2,1-2H3,(H,26,27)(H,28,29). The fraction of sp³-hybridized carbons (Fsp3) is 0.700. The van der Waals surface area contributed by atoms with Gasteiger partial charge in [-0.05, 0) is 25.7 Å². The third-order valence-corrected chi connectivity index (χ3v) is 6.03. The molecule has 2 aliphatic rings. The molecule has 2 heterocycles. The number of carboxylic acids is 2. The van der Waals surface area contributed by atoms with Gasteiger partial charge in [-0.1, -0.05) is 13.8 Å². The van der Waals surface area contributed by atoms with Crippen LogP contribution in [0.3, 0.4) is 0 Å². The number of aromatic nitrogens is 2. The maximum absolute atomic E-state index is 13.5. The van der Waals surface area contributed by atoms with Gasteiger partial charge in [0.15, 0.2) is 5.79 Å². The molecule has 1 aromatic heterocycles. The van der Waals surface area contributed by atoms with Gasteiger partial charge in [-0.25, -0.2) is 4.98 Å². The fourth-order valence-electron chi connectivity index (χ4n) is 4.22. The summed E-state index contributed by atoms with van der Waals surface area (Å²) in [5.41, 5.74) is -3.46. The van der Waals surface area contributed by atoms with E-state index < -0.39 is 59.2 Å². The third kappa shape index (κ3) is 4.25. The van der Waals surface area contributed by atoms with Crippen molar-refractivity contribution < 1.29 is 47.2 Å². The lowest BCUT2D eigenvalue weighted by Gasteiger charge is -2.35. The fourth-order valence-corrected chi connectivity index (χ4v) is 4.22. The van der Waals surface area contributed by atoms with Crippen LogP contribution in [-0.2, 0) is 37.1 Å². The number of aliphatic carboxylic acids is 2. The first-order valence-corrected chi connectivity index (χ1v) is 10.4. The molecule has 32 heavy (non-hydrogen) atoms. The number of nitrogens with zero attached hydrogens (tertiary/aromatic N) is 2. The van der Waals surface area contributed by atoms with Gasteiger partial charge in [0.1, 0.15) is 6.10 Å². The molecule has 9 nitrogen and oxygen atoms in total. The zero-order valence-corrected chi connectivity index (χ0v) is 17.7. The molecule has 1 spiro atoms. The highest BCUT2D eigenvalue weighted by Gasteiger charge is 2.52. The average Bonchev–Trinajstić information content (AvgIpc) is 3.17. The first kappa shape index (κ1) is 24.2. The number of rotatable bonds is 7. The van der Waals surface area contributed by atoms with Gasteiger partial charge in [0.25, 0.3) is 0 Å². The number of halogens is 3. The van der Waals surface area contributed by atoms with E-state index in [1.54, 1.807) is 6.92 Å². The van der Waals surface area contributed by atoms with Crippen LogP contribution in [0.25, 0.3) is 0 Å². The molecule has 0 amide bonds. The molecule has 0 bridgehead atoms. The summed E-state index contributed by atoms with van der Waals surface area (Å²) in [6, 6.07) is 0. The van der Waals surface area contributed by atoms with E-state index in [0.717, 1.165) is 0 Å². The van der Waals surface area contributed by atoms with Crippen LogP contribution in [0.2, 0.25) is 0 Å². The summed E-state index contributed by atoms with van der Waals surface area (Å²) < 4.78 is 57.7. The van der Waals surface area contributed by atoms with Gasteiger partial charge in [-0.3, -0.25) is 9.59 Å². The molecule has 0 aromatic carbocycles. The third-order valence-electron chi connectivity index (χ3n) is 6.03. The minimum atomic E-state index is -5.03. The Morgan fingerprint density at radius 1 is 1.09 bits per heavy atom. The average molecular weight is 462 g/mol. The Morgan fingerprint density at radius 3 is 2.09 bits per heavy atom. The van der Waals surface area contributed by atoms with Crippen LogP contribution < -0.4 is 4.74 Å². The van der Waals surface area contributed by atoms with Gasteiger partial charge in [-0.2, -0.15) is 18.2 Å². The number of hydrogen-bond donors (Lipinski definition) is 2. The molecule has 1 aromatic rings. The Labute approximate surface area is 181 Å². The summed E-state index contributed by atoms with van der Waals surface area (Å²) in [5, 5.41) is 19.4. The van der Waals surface area contributed by atoms with Crippen molar-refractivity contribution >= 4 is 11.9 Å². The summed E-state index contributed by atoms with van der Waals surface area (Å²) in [6.45, 7) is 3.75. The Bertz CT molecular complexity index is 861. The van der Waals surface area contributed by atoms with Crippen molar-refractivity contribution in [3.63, 3.8) is 0 Å². The van der Waals surface area contributed by atoms with E-state index in [-0.39, 0.29) is 12.0 Å². The van der Waals surface area contributed by atoms with E-state index in [1.165, 1.54) is 6.92 Å². The monoisotopic (exact) mass is 462 g/mol. The predicted octanol–water partition coefficient (Wildman–Crippen LogP) is 2.94. The van der Waals surface area contributed by atoms with Gasteiger partial charge in [0, 0.05) is 18.4 Å². The molecule has 1 saturated heterocycles. The zero-order valence-electron chi connectivity index (χ0n) is 17.7. The van der Waals surface area contributed by atoms with E-state index in [1.807, 2.05) is 0 Å². The van der Waals surface area contributed by atoms with Crippen molar-refractivity contribution in [1.82, 2.24) is 9.97 Å².